The van der Waals surface area contributed by atoms with Crippen molar-refractivity contribution in [3.63, 3.8) is 0 Å². The van der Waals surface area contributed by atoms with Gasteiger partial charge in [0, 0.05) is 31.4 Å². The van der Waals surface area contributed by atoms with Gasteiger partial charge < -0.3 is 5.32 Å². The average molecular weight is 239 g/mol. The molecular weight excluding hydrogens is 229 g/mol. The molecule has 2 nitrogen and oxygen atoms in total. The standard InChI is InChI=1S/C9H9F3N2.ClH/c10-9(11,12)7-3-6-4-13-2-1-8(6)14-5-7;/h3,5,13H,1-2,4H2;1H. The quantitative estimate of drug-likeness (QED) is 0.749. The van der Waals surface area contributed by atoms with Gasteiger partial charge >= 0.3 is 6.18 Å². The zero-order valence-corrected chi connectivity index (χ0v) is 8.58. The van der Waals surface area contributed by atoms with E-state index >= 15 is 0 Å². The Morgan fingerprint density at radius 2 is 2.07 bits per heavy atom. The van der Waals surface area contributed by atoms with Crippen molar-refractivity contribution in [2.45, 2.75) is 19.1 Å². The lowest BCUT2D eigenvalue weighted by atomic mass is 10.1. The van der Waals surface area contributed by atoms with Crippen LogP contribution >= 0.6 is 12.4 Å². The van der Waals surface area contributed by atoms with Crippen molar-refractivity contribution < 1.29 is 13.2 Å². The van der Waals surface area contributed by atoms with Crippen LogP contribution in [0.15, 0.2) is 12.3 Å². The molecule has 1 aliphatic rings. The van der Waals surface area contributed by atoms with E-state index < -0.39 is 11.7 Å². The van der Waals surface area contributed by atoms with E-state index in [1.807, 2.05) is 0 Å². The van der Waals surface area contributed by atoms with E-state index in [2.05, 4.69) is 10.3 Å². The molecule has 15 heavy (non-hydrogen) atoms. The lowest BCUT2D eigenvalue weighted by Gasteiger charge is -2.17. The number of alkyl halides is 3. The summed E-state index contributed by atoms with van der Waals surface area (Å²) in [5, 5.41) is 3.01. The molecule has 0 aliphatic carbocycles. The van der Waals surface area contributed by atoms with E-state index in [-0.39, 0.29) is 12.4 Å². The summed E-state index contributed by atoms with van der Waals surface area (Å²) in [4.78, 5) is 3.83. The van der Waals surface area contributed by atoms with Crippen molar-refractivity contribution in [2.24, 2.45) is 0 Å². The van der Waals surface area contributed by atoms with Crippen molar-refractivity contribution in [1.29, 1.82) is 0 Å². The van der Waals surface area contributed by atoms with Crippen LogP contribution in [0.3, 0.4) is 0 Å². The number of nitrogens with one attached hydrogen (secondary N) is 1. The summed E-state index contributed by atoms with van der Waals surface area (Å²) in [6, 6.07) is 1.18. The number of fused-ring (bicyclic) bond motifs is 1. The lowest BCUT2D eigenvalue weighted by molar-refractivity contribution is -0.137. The van der Waals surface area contributed by atoms with Gasteiger partial charge in [-0.15, -0.1) is 12.4 Å². The van der Waals surface area contributed by atoms with Crippen LogP contribution in [0.5, 0.6) is 0 Å². The highest BCUT2D eigenvalue weighted by Crippen LogP contribution is 2.30. The largest absolute Gasteiger partial charge is 0.417 e. The zero-order valence-electron chi connectivity index (χ0n) is 7.77. The molecule has 1 aromatic heterocycles. The Bertz CT molecular complexity index is 352. The summed E-state index contributed by atoms with van der Waals surface area (Å²) in [5.41, 5.74) is 0.766. The van der Waals surface area contributed by atoms with Crippen molar-refractivity contribution in [2.75, 3.05) is 6.54 Å². The molecule has 0 atom stereocenters. The van der Waals surface area contributed by atoms with Crippen molar-refractivity contribution in [1.82, 2.24) is 10.3 Å². The second kappa shape index (κ2) is 4.37. The van der Waals surface area contributed by atoms with E-state index in [1.165, 1.54) is 6.07 Å². The number of halogens is 4. The van der Waals surface area contributed by atoms with Crippen molar-refractivity contribution in [3.05, 3.63) is 29.1 Å². The Hall–Kier alpha value is -0.810. The summed E-state index contributed by atoms with van der Waals surface area (Å²) in [6.07, 6.45) is -2.68. The molecule has 0 radical (unpaired) electrons. The molecule has 1 N–H and O–H groups in total. The van der Waals surface area contributed by atoms with E-state index in [0.29, 0.717) is 18.5 Å². The maximum absolute atomic E-state index is 12.3. The molecule has 2 heterocycles. The van der Waals surface area contributed by atoms with Gasteiger partial charge in [0.15, 0.2) is 0 Å². The third kappa shape index (κ3) is 2.60. The first-order valence-corrected chi connectivity index (χ1v) is 4.33. The van der Waals surface area contributed by atoms with E-state index in [4.69, 9.17) is 0 Å². The maximum atomic E-state index is 12.3. The van der Waals surface area contributed by atoms with Crippen LogP contribution in [0, 0.1) is 0 Å². The first-order valence-electron chi connectivity index (χ1n) is 4.33. The summed E-state index contributed by atoms with van der Waals surface area (Å²) in [7, 11) is 0. The highest BCUT2D eigenvalue weighted by atomic mass is 35.5. The second-order valence-corrected chi connectivity index (χ2v) is 3.25. The molecule has 0 bridgehead atoms. The van der Waals surface area contributed by atoms with Gasteiger partial charge in [-0.25, -0.2) is 0 Å². The Labute approximate surface area is 91.3 Å². The molecule has 0 fully saturated rings. The number of aromatic nitrogens is 1. The van der Waals surface area contributed by atoms with Crippen molar-refractivity contribution in [3.8, 4) is 0 Å². The molecule has 1 aliphatic heterocycles. The maximum Gasteiger partial charge on any atom is 0.417 e. The molecule has 0 saturated heterocycles. The Balaban J connectivity index is 0.00000112. The van der Waals surface area contributed by atoms with Gasteiger partial charge in [-0.1, -0.05) is 0 Å². The smallest absolute Gasteiger partial charge is 0.312 e. The van der Waals surface area contributed by atoms with Crippen LogP contribution in [0.2, 0.25) is 0 Å². The number of hydrogen-bond donors (Lipinski definition) is 1. The normalized spacial score (nSPS) is 15.4. The van der Waals surface area contributed by atoms with Gasteiger partial charge in [0.2, 0.25) is 0 Å². The van der Waals surface area contributed by atoms with Gasteiger partial charge in [-0.3, -0.25) is 4.98 Å². The average Bonchev–Trinajstić information content (AvgIpc) is 2.16. The first-order chi connectivity index (χ1) is 6.57. The Morgan fingerprint density at radius 1 is 1.33 bits per heavy atom. The van der Waals surface area contributed by atoms with Crippen LogP contribution in [-0.2, 0) is 19.1 Å². The number of hydrogen-bond acceptors (Lipinski definition) is 2. The number of rotatable bonds is 0. The van der Waals surface area contributed by atoms with Crippen LogP contribution in [0.1, 0.15) is 16.8 Å². The molecule has 0 spiro atoms. The summed E-state index contributed by atoms with van der Waals surface area (Å²) in [5.74, 6) is 0. The molecule has 84 valence electrons. The minimum Gasteiger partial charge on any atom is -0.312 e. The van der Waals surface area contributed by atoms with Gasteiger partial charge in [0.05, 0.1) is 5.56 Å². The highest BCUT2D eigenvalue weighted by molar-refractivity contribution is 5.85. The topological polar surface area (TPSA) is 24.9 Å². The zero-order chi connectivity index (χ0) is 10.2. The van der Waals surface area contributed by atoms with Crippen LogP contribution in [0.4, 0.5) is 13.2 Å². The Kier molecular flexibility index (Phi) is 3.57. The Morgan fingerprint density at radius 3 is 2.73 bits per heavy atom. The minimum absolute atomic E-state index is 0. The first kappa shape index (κ1) is 12.3. The second-order valence-electron chi connectivity index (χ2n) is 3.25. The predicted molar refractivity (Wildman–Crippen MR) is 51.9 cm³/mol. The van der Waals surface area contributed by atoms with Gasteiger partial charge in [-0.2, -0.15) is 13.2 Å². The SMILES string of the molecule is Cl.FC(F)(F)c1cnc2c(c1)CNCC2. The third-order valence-electron chi connectivity index (χ3n) is 2.24. The molecule has 6 heteroatoms. The predicted octanol–water partition coefficient (Wildman–Crippen LogP) is 2.17. The molecule has 2 rings (SSSR count). The van der Waals surface area contributed by atoms with Gasteiger partial charge in [0.25, 0.3) is 0 Å². The van der Waals surface area contributed by atoms with E-state index in [9.17, 15) is 13.2 Å². The third-order valence-corrected chi connectivity index (χ3v) is 2.24. The summed E-state index contributed by atoms with van der Waals surface area (Å²) < 4.78 is 36.9. The van der Waals surface area contributed by atoms with E-state index in [1.54, 1.807) is 0 Å². The van der Waals surface area contributed by atoms with Crippen molar-refractivity contribution >= 4 is 12.4 Å². The summed E-state index contributed by atoms with van der Waals surface area (Å²) >= 11 is 0. The molecule has 1 aromatic rings. The minimum atomic E-state index is -4.29. The molecule has 0 unspecified atom stereocenters. The van der Waals surface area contributed by atoms with Gasteiger partial charge in [0.1, 0.15) is 0 Å². The monoisotopic (exact) mass is 238 g/mol. The fourth-order valence-corrected chi connectivity index (χ4v) is 1.50. The number of pyridine rings is 1. The lowest BCUT2D eigenvalue weighted by Crippen LogP contribution is -2.25. The highest BCUT2D eigenvalue weighted by Gasteiger charge is 2.31. The number of nitrogens with zero attached hydrogens (tertiary/aromatic N) is 1. The molecule has 0 aromatic carbocycles. The van der Waals surface area contributed by atoms with Crippen LogP contribution < -0.4 is 5.32 Å². The summed E-state index contributed by atoms with van der Waals surface area (Å²) in [6.45, 7) is 1.26. The fraction of sp³-hybridized carbons (Fsp3) is 0.444. The van der Waals surface area contributed by atoms with E-state index in [0.717, 1.165) is 18.4 Å². The molecule has 0 saturated carbocycles. The fourth-order valence-electron chi connectivity index (χ4n) is 1.50. The van der Waals surface area contributed by atoms with Crippen LogP contribution in [-0.4, -0.2) is 11.5 Å². The molecular formula is C9H10ClF3N2. The van der Waals surface area contributed by atoms with Crippen LogP contribution in [0.25, 0.3) is 0 Å². The molecule has 0 amide bonds. The van der Waals surface area contributed by atoms with Gasteiger partial charge in [-0.05, 0) is 11.6 Å².